The average molecular weight is 273 g/mol. The van der Waals surface area contributed by atoms with Gasteiger partial charge in [0, 0.05) is 29.6 Å². The number of aromatic nitrogens is 2. The molecule has 0 saturated carbocycles. The molecule has 8 heteroatoms. The zero-order valence-electron chi connectivity index (χ0n) is 8.99. The van der Waals surface area contributed by atoms with Gasteiger partial charge < -0.3 is 5.11 Å². The van der Waals surface area contributed by atoms with Crippen molar-refractivity contribution in [3.05, 3.63) is 28.6 Å². The lowest BCUT2D eigenvalue weighted by Crippen LogP contribution is -2.12. The van der Waals surface area contributed by atoms with Crippen LogP contribution in [-0.4, -0.2) is 23.3 Å². The third-order valence-electron chi connectivity index (χ3n) is 2.05. The van der Waals surface area contributed by atoms with Gasteiger partial charge in [0.05, 0.1) is 11.5 Å². The first-order chi connectivity index (χ1) is 8.01. The summed E-state index contributed by atoms with van der Waals surface area (Å²) in [7, 11) is -1.92. The number of nitrogens with zero attached hydrogens (tertiary/aromatic N) is 2. The molecular weight excluding hydrogens is 262 g/mol. The summed E-state index contributed by atoms with van der Waals surface area (Å²) in [5, 5.41) is 14.3. The zero-order valence-corrected chi connectivity index (χ0v) is 10.6. The van der Waals surface area contributed by atoms with Crippen LogP contribution < -0.4 is 4.72 Å². The van der Waals surface area contributed by atoms with E-state index < -0.39 is 10.0 Å². The largest absolute Gasteiger partial charge is 0.391 e. The van der Waals surface area contributed by atoms with Gasteiger partial charge in [0.2, 0.25) is 0 Å². The fraction of sp³-hybridized carbons (Fsp3) is 0.222. The molecule has 0 aliphatic rings. The molecule has 0 aliphatic carbocycles. The maximum atomic E-state index is 11.9. The average Bonchev–Trinajstić information content (AvgIpc) is 2.86. The van der Waals surface area contributed by atoms with E-state index in [0.29, 0.717) is 4.88 Å². The number of thiophene rings is 1. The summed E-state index contributed by atoms with van der Waals surface area (Å²) >= 11 is 1.20. The number of nitrogens with one attached hydrogen (secondary N) is 1. The molecule has 2 rings (SSSR count). The lowest BCUT2D eigenvalue weighted by molar-refractivity contribution is 0.285. The first-order valence-electron chi connectivity index (χ1n) is 4.72. The summed E-state index contributed by atoms with van der Waals surface area (Å²) in [6, 6.07) is 3.01. The van der Waals surface area contributed by atoms with Crippen LogP contribution in [0.4, 0.5) is 5.82 Å². The molecule has 0 unspecified atom stereocenters. The zero-order chi connectivity index (χ0) is 12.5. The molecule has 2 aromatic heterocycles. The third-order valence-corrected chi connectivity index (χ3v) is 4.45. The summed E-state index contributed by atoms with van der Waals surface area (Å²) in [6.07, 6.45) is 1.64. The summed E-state index contributed by atoms with van der Waals surface area (Å²) in [4.78, 5) is 0.739. The maximum Gasteiger partial charge on any atom is 0.263 e. The highest BCUT2D eigenvalue weighted by Crippen LogP contribution is 2.21. The number of aryl methyl sites for hydroxylation is 1. The first kappa shape index (κ1) is 12.1. The minimum absolute atomic E-state index is 0.136. The Bertz CT molecular complexity index is 615. The summed E-state index contributed by atoms with van der Waals surface area (Å²) in [5.74, 6) is 0.268. The Balaban J connectivity index is 2.24. The van der Waals surface area contributed by atoms with E-state index in [2.05, 4.69) is 9.82 Å². The van der Waals surface area contributed by atoms with Crippen molar-refractivity contribution in [3.8, 4) is 0 Å². The molecule has 0 radical (unpaired) electrons. The Morgan fingerprint density at radius 3 is 2.88 bits per heavy atom. The van der Waals surface area contributed by atoms with E-state index >= 15 is 0 Å². The Morgan fingerprint density at radius 2 is 2.35 bits per heavy atom. The van der Waals surface area contributed by atoms with Gasteiger partial charge in [-0.05, 0) is 6.07 Å². The minimum Gasteiger partial charge on any atom is -0.391 e. The number of aliphatic hydroxyl groups is 1. The van der Waals surface area contributed by atoms with Gasteiger partial charge in [-0.1, -0.05) is 0 Å². The van der Waals surface area contributed by atoms with Crippen molar-refractivity contribution < 1.29 is 13.5 Å². The van der Waals surface area contributed by atoms with Crippen LogP contribution in [0.3, 0.4) is 0 Å². The summed E-state index contributed by atoms with van der Waals surface area (Å²) in [6.45, 7) is -0.163. The molecule has 0 aromatic carbocycles. The van der Waals surface area contributed by atoms with Crippen LogP contribution in [0.15, 0.2) is 28.6 Å². The number of sulfonamides is 1. The lowest BCUT2D eigenvalue weighted by atomic mass is 10.5. The molecule has 0 amide bonds. The van der Waals surface area contributed by atoms with Crippen LogP contribution >= 0.6 is 11.3 Å². The van der Waals surface area contributed by atoms with Gasteiger partial charge in [-0.15, -0.1) is 11.3 Å². The van der Waals surface area contributed by atoms with Crippen molar-refractivity contribution in [1.29, 1.82) is 0 Å². The predicted octanol–water partition coefficient (Wildman–Crippen LogP) is 0.775. The van der Waals surface area contributed by atoms with Gasteiger partial charge in [-0.25, -0.2) is 8.42 Å². The topological polar surface area (TPSA) is 84.2 Å². The van der Waals surface area contributed by atoms with E-state index in [9.17, 15) is 8.42 Å². The number of hydrogen-bond donors (Lipinski definition) is 2. The number of hydrogen-bond acceptors (Lipinski definition) is 5. The van der Waals surface area contributed by atoms with Gasteiger partial charge in [-0.3, -0.25) is 9.40 Å². The highest BCUT2D eigenvalue weighted by molar-refractivity contribution is 7.92. The fourth-order valence-corrected chi connectivity index (χ4v) is 3.38. The highest BCUT2D eigenvalue weighted by atomic mass is 32.2. The molecule has 0 bridgehead atoms. The highest BCUT2D eigenvalue weighted by Gasteiger charge is 2.17. The van der Waals surface area contributed by atoms with Gasteiger partial charge in [0.25, 0.3) is 10.0 Å². The van der Waals surface area contributed by atoms with Crippen LogP contribution in [0.1, 0.15) is 4.88 Å². The van der Waals surface area contributed by atoms with Crippen molar-refractivity contribution in [1.82, 2.24) is 9.78 Å². The normalized spacial score (nSPS) is 11.6. The molecular formula is C9H11N3O3S2. The molecule has 0 spiro atoms. The smallest absolute Gasteiger partial charge is 0.263 e. The number of rotatable bonds is 4. The molecule has 0 aliphatic heterocycles. The molecule has 92 valence electrons. The maximum absolute atomic E-state index is 11.9. The molecule has 2 aromatic rings. The van der Waals surface area contributed by atoms with E-state index in [4.69, 9.17) is 5.11 Å². The van der Waals surface area contributed by atoms with E-state index in [0.717, 1.165) is 0 Å². The second kappa shape index (κ2) is 4.47. The Kier molecular flexibility index (Phi) is 3.18. The van der Waals surface area contributed by atoms with Gasteiger partial charge in [0.1, 0.15) is 0 Å². The van der Waals surface area contributed by atoms with Crippen molar-refractivity contribution in [3.63, 3.8) is 0 Å². The van der Waals surface area contributed by atoms with Crippen molar-refractivity contribution in [2.75, 3.05) is 4.72 Å². The van der Waals surface area contributed by atoms with Crippen molar-refractivity contribution >= 4 is 27.2 Å². The van der Waals surface area contributed by atoms with Crippen LogP contribution in [0.5, 0.6) is 0 Å². The predicted molar refractivity (Wildman–Crippen MR) is 64.3 cm³/mol. The molecule has 6 nitrogen and oxygen atoms in total. The van der Waals surface area contributed by atoms with E-state index in [1.54, 1.807) is 19.3 Å². The van der Waals surface area contributed by atoms with E-state index in [-0.39, 0.29) is 17.3 Å². The molecule has 0 fully saturated rings. The Labute approximate surface area is 103 Å². The van der Waals surface area contributed by atoms with Crippen LogP contribution in [0.25, 0.3) is 0 Å². The first-order valence-corrected chi connectivity index (χ1v) is 7.08. The molecule has 0 atom stereocenters. The molecule has 2 heterocycles. The fourth-order valence-electron chi connectivity index (χ4n) is 1.25. The number of aliphatic hydroxyl groups excluding tert-OH is 1. The third kappa shape index (κ3) is 2.65. The van der Waals surface area contributed by atoms with E-state index in [1.165, 1.54) is 27.5 Å². The minimum atomic E-state index is -3.62. The van der Waals surface area contributed by atoms with Gasteiger partial charge in [-0.2, -0.15) is 5.10 Å². The monoisotopic (exact) mass is 273 g/mol. The second-order valence-electron chi connectivity index (χ2n) is 3.39. The van der Waals surface area contributed by atoms with Crippen molar-refractivity contribution in [2.24, 2.45) is 7.05 Å². The Hall–Kier alpha value is -1.38. The Morgan fingerprint density at radius 1 is 1.59 bits per heavy atom. The standard InChI is InChI=1S/C9H11N3O3S2/c1-12-3-2-9(10-12)11-17(14,15)8-4-7(5-13)16-6-8/h2-4,6,13H,5H2,1H3,(H,10,11). The summed E-state index contributed by atoms with van der Waals surface area (Å²) < 4.78 is 27.7. The molecule has 2 N–H and O–H groups in total. The lowest BCUT2D eigenvalue weighted by Gasteiger charge is -2.02. The second-order valence-corrected chi connectivity index (χ2v) is 6.07. The van der Waals surface area contributed by atoms with E-state index in [1.807, 2.05) is 0 Å². The SMILES string of the molecule is Cn1ccc(NS(=O)(=O)c2csc(CO)c2)n1. The van der Waals surface area contributed by atoms with Crippen molar-refractivity contribution in [2.45, 2.75) is 11.5 Å². The van der Waals surface area contributed by atoms with Crippen LogP contribution in [-0.2, 0) is 23.7 Å². The van der Waals surface area contributed by atoms with Gasteiger partial charge in [0.15, 0.2) is 5.82 Å². The van der Waals surface area contributed by atoms with Crippen LogP contribution in [0, 0.1) is 0 Å². The quantitative estimate of drug-likeness (QED) is 0.862. The molecule has 0 saturated heterocycles. The number of anilines is 1. The van der Waals surface area contributed by atoms with Gasteiger partial charge >= 0.3 is 0 Å². The molecule has 17 heavy (non-hydrogen) atoms. The van der Waals surface area contributed by atoms with Crippen LogP contribution in [0.2, 0.25) is 0 Å². The summed E-state index contributed by atoms with van der Waals surface area (Å²) in [5.41, 5.74) is 0.